The summed E-state index contributed by atoms with van der Waals surface area (Å²) in [5, 5.41) is 6.04. The van der Waals surface area contributed by atoms with Gasteiger partial charge in [0.05, 0.1) is 5.60 Å². The molecule has 1 spiro atoms. The lowest BCUT2D eigenvalue weighted by Gasteiger charge is -2.48. The minimum absolute atomic E-state index is 0.00952. The Kier molecular flexibility index (Phi) is 6.70. The highest BCUT2D eigenvalue weighted by atomic mass is 16.5. The van der Waals surface area contributed by atoms with Crippen LogP contribution in [0.4, 0.5) is 9.59 Å². The molecule has 2 saturated heterocycles. The van der Waals surface area contributed by atoms with Crippen molar-refractivity contribution in [2.24, 2.45) is 0 Å². The SMILES string of the molecule is CCNC(=O)N(C1CC1)C1CCOC2(CCN(C(=O)NCc3ccc(C)cc3)CC2)C1. The maximum absolute atomic E-state index is 12.7. The summed E-state index contributed by atoms with van der Waals surface area (Å²) in [5.41, 5.74) is 2.11. The fourth-order valence-corrected chi connectivity index (χ4v) is 4.93. The van der Waals surface area contributed by atoms with Gasteiger partial charge in [0.1, 0.15) is 0 Å². The third-order valence-corrected chi connectivity index (χ3v) is 6.89. The number of hydrogen-bond acceptors (Lipinski definition) is 3. The van der Waals surface area contributed by atoms with E-state index in [1.807, 2.05) is 11.8 Å². The number of ether oxygens (including phenoxy) is 1. The predicted octanol–water partition coefficient (Wildman–Crippen LogP) is 3.41. The molecule has 7 nitrogen and oxygen atoms in total. The molecule has 1 aromatic carbocycles. The van der Waals surface area contributed by atoms with Crippen molar-refractivity contribution in [3.63, 3.8) is 0 Å². The zero-order valence-corrected chi connectivity index (χ0v) is 18.9. The highest BCUT2D eigenvalue weighted by molar-refractivity contribution is 5.75. The van der Waals surface area contributed by atoms with Crippen LogP contribution in [-0.2, 0) is 11.3 Å². The van der Waals surface area contributed by atoms with Crippen molar-refractivity contribution in [2.75, 3.05) is 26.2 Å². The van der Waals surface area contributed by atoms with E-state index in [2.05, 4.69) is 46.7 Å². The van der Waals surface area contributed by atoms with Gasteiger partial charge in [-0.1, -0.05) is 29.8 Å². The summed E-state index contributed by atoms with van der Waals surface area (Å²) in [6.45, 7) is 7.30. The lowest BCUT2D eigenvalue weighted by Crippen LogP contribution is -2.57. The van der Waals surface area contributed by atoms with Gasteiger partial charge < -0.3 is 25.2 Å². The Morgan fingerprint density at radius 1 is 1.10 bits per heavy atom. The zero-order chi connectivity index (χ0) is 21.8. The molecule has 3 fully saturated rings. The number of hydrogen-bond donors (Lipinski definition) is 2. The number of piperidine rings is 1. The van der Waals surface area contributed by atoms with Gasteiger partial charge in [-0.25, -0.2) is 9.59 Å². The Labute approximate surface area is 185 Å². The molecular formula is C24H36N4O3. The van der Waals surface area contributed by atoms with Crippen molar-refractivity contribution < 1.29 is 14.3 Å². The first-order chi connectivity index (χ1) is 15.0. The van der Waals surface area contributed by atoms with Crippen LogP contribution in [0.2, 0.25) is 0 Å². The summed E-state index contributed by atoms with van der Waals surface area (Å²) < 4.78 is 6.28. The summed E-state index contributed by atoms with van der Waals surface area (Å²) in [6, 6.07) is 8.91. The zero-order valence-electron chi connectivity index (χ0n) is 18.9. The average Bonchev–Trinajstić information content (AvgIpc) is 3.59. The van der Waals surface area contributed by atoms with Crippen LogP contribution in [0.15, 0.2) is 24.3 Å². The molecule has 0 radical (unpaired) electrons. The number of aryl methyl sites for hydroxylation is 1. The van der Waals surface area contributed by atoms with E-state index in [1.54, 1.807) is 0 Å². The van der Waals surface area contributed by atoms with E-state index in [1.165, 1.54) is 5.56 Å². The lowest BCUT2D eigenvalue weighted by atomic mass is 9.82. The number of benzene rings is 1. The van der Waals surface area contributed by atoms with Crippen molar-refractivity contribution in [1.82, 2.24) is 20.4 Å². The lowest BCUT2D eigenvalue weighted by molar-refractivity contribution is -0.125. The van der Waals surface area contributed by atoms with Gasteiger partial charge in [-0.3, -0.25) is 0 Å². The number of carbonyl (C=O) groups is 2. The molecule has 1 atom stereocenters. The minimum atomic E-state index is -0.212. The monoisotopic (exact) mass is 428 g/mol. The first-order valence-electron chi connectivity index (χ1n) is 11.8. The maximum atomic E-state index is 12.7. The number of urea groups is 2. The average molecular weight is 429 g/mol. The molecule has 4 rings (SSSR count). The van der Waals surface area contributed by atoms with Gasteiger partial charge in [-0.05, 0) is 57.9 Å². The summed E-state index contributed by atoms with van der Waals surface area (Å²) in [6.07, 6.45) is 5.65. The Balaban J connectivity index is 1.30. The van der Waals surface area contributed by atoms with E-state index in [4.69, 9.17) is 4.74 Å². The molecule has 1 unspecified atom stereocenters. The number of nitrogens with one attached hydrogen (secondary N) is 2. The first kappa shape index (κ1) is 21.9. The second-order valence-electron chi connectivity index (χ2n) is 9.28. The third kappa shape index (κ3) is 5.32. The summed E-state index contributed by atoms with van der Waals surface area (Å²) in [7, 11) is 0. The van der Waals surface area contributed by atoms with Crippen LogP contribution in [-0.4, -0.2) is 65.8 Å². The summed E-state index contributed by atoms with van der Waals surface area (Å²) >= 11 is 0. The van der Waals surface area contributed by atoms with Gasteiger partial charge in [0, 0.05) is 44.9 Å². The van der Waals surface area contributed by atoms with E-state index in [-0.39, 0.29) is 23.7 Å². The van der Waals surface area contributed by atoms with Gasteiger partial charge in [0.25, 0.3) is 0 Å². The number of likely N-dealkylation sites (tertiary alicyclic amines) is 1. The first-order valence-corrected chi connectivity index (χ1v) is 11.8. The number of nitrogens with zero attached hydrogens (tertiary/aromatic N) is 2. The Hall–Kier alpha value is -2.28. The van der Waals surface area contributed by atoms with E-state index < -0.39 is 0 Å². The fourth-order valence-electron chi connectivity index (χ4n) is 4.93. The quantitative estimate of drug-likeness (QED) is 0.755. The second-order valence-corrected chi connectivity index (χ2v) is 9.28. The molecule has 3 aliphatic rings. The van der Waals surface area contributed by atoms with Crippen molar-refractivity contribution in [3.8, 4) is 0 Å². The van der Waals surface area contributed by atoms with E-state index >= 15 is 0 Å². The van der Waals surface area contributed by atoms with Crippen LogP contribution in [0.25, 0.3) is 0 Å². The molecule has 1 saturated carbocycles. The molecular weight excluding hydrogens is 392 g/mol. The Morgan fingerprint density at radius 3 is 2.45 bits per heavy atom. The second kappa shape index (κ2) is 9.47. The molecule has 170 valence electrons. The normalized spacial score (nSPS) is 22.8. The molecule has 31 heavy (non-hydrogen) atoms. The standard InChI is InChI=1S/C24H36N4O3/c1-3-25-23(30)28(20-8-9-20)21-10-15-31-24(16-21)11-13-27(14-12-24)22(29)26-17-19-6-4-18(2)5-7-19/h4-7,20-21H,3,8-17H2,1-2H3,(H,25,30)(H,26,29). The van der Waals surface area contributed by atoms with Gasteiger partial charge >= 0.3 is 12.1 Å². The van der Waals surface area contributed by atoms with Gasteiger partial charge in [-0.15, -0.1) is 0 Å². The van der Waals surface area contributed by atoms with Crippen molar-refractivity contribution >= 4 is 12.1 Å². The van der Waals surface area contributed by atoms with Gasteiger partial charge in [0.2, 0.25) is 0 Å². The van der Waals surface area contributed by atoms with E-state index in [0.29, 0.717) is 38.8 Å². The van der Waals surface area contributed by atoms with Crippen LogP contribution >= 0.6 is 0 Å². The molecule has 2 heterocycles. The smallest absolute Gasteiger partial charge is 0.317 e. The molecule has 1 aromatic rings. The van der Waals surface area contributed by atoms with Crippen LogP contribution in [0.3, 0.4) is 0 Å². The number of amides is 4. The Morgan fingerprint density at radius 2 is 1.81 bits per heavy atom. The van der Waals surface area contributed by atoms with Gasteiger partial charge in [0.15, 0.2) is 0 Å². The molecule has 1 aliphatic carbocycles. The fraction of sp³-hybridized carbons (Fsp3) is 0.667. The van der Waals surface area contributed by atoms with Crippen LogP contribution in [0.5, 0.6) is 0 Å². The van der Waals surface area contributed by atoms with Crippen molar-refractivity contribution in [2.45, 2.75) is 76.6 Å². The predicted molar refractivity (Wildman–Crippen MR) is 120 cm³/mol. The molecule has 2 aliphatic heterocycles. The third-order valence-electron chi connectivity index (χ3n) is 6.89. The van der Waals surface area contributed by atoms with E-state index in [9.17, 15) is 9.59 Å². The molecule has 0 bridgehead atoms. The molecule has 0 aromatic heterocycles. The van der Waals surface area contributed by atoms with Crippen LogP contribution in [0.1, 0.15) is 56.6 Å². The number of carbonyl (C=O) groups excluding carboxylic acids is 2. The van der Waals surface area contributed by atoms with E-state index in [0.717, 1.165) is 44.1 Å². The highest BCUT2D eigenvalue weighted by Crippen LogP contribution is 2.40. The van der Waals surface area contributed by atoms with Crippen LogP contribution < -0.4 is 10.6 Å². The maximum Gasteiger partial charge on any atom is 0.317 e. The summed E-state index contributed by atoms with van der Waals surface area (Å²) in [4.78, 5) is 29.3. The minimum Gasteiger partial charge on any atom is -0.375 e. The van der Waals surface area contributed by atoms with Crippen LogP contribution in [0, 0.1) is 6.92 Å². The van der Waals surface area contributed by atoms with Gasteiger partial charge in [-0.2, -0.15) is 0 Å². The number of rotatable bonds is 5. The molecule has 4 amide bonds. The van der Waals surface area contributed by atoms with Crippen molar-refractivity contribution in [1.29, 1.82) is 0 Å². The van der Waals surface area contributed by atoms with Crippen molar-refractivity contribution in [3.05, 3.63) is 35.4 Å². The Bertz CT molecular complexity index is 770. The highest BCUT2D eigenvalue weighted by Gasteiger charge is 2.46. The largest absolute Gasteiger partial charge is 0.375 e. The molecule has 2 N–H and O–H groups in total. The summed E-state index contributed by atoms with van der Waals surface area (Å²) in [5.74, 6) is 0. The molecule has 7 heteroatoms. The topological polar surface area (TPSA) is 73.9 Å².